The van der Waals surface area contributed by atoms with Gasteiger partial charge in [-0.1, -0.05) is 30.5 Å². The van der Waals surface area contributed by atoms with Gasteiger partial charge in [-0.3, -0.25) is 4.79 Å². The molecule has 1 amide bonds. The van der Waals surface area contributed by atoms with Crippen LogP contribution in [0.5, 0.6) is 0 Å². The number of nitrogens with one attached hydrogen (secondary N) is 1. The quantitative estimate of drug-likeness (QED) is 0.881. The summed E-state index contributed by atoms with van der Waals surface area (Å²) < 4.78 is 0.708. The van der Waals surface area contributed by atoms with Gasteiger partial charge in [0.1, 0.15) is 0 Å². The summed E-state index contributed by atoms with van der Waals surface area (Å²) in [7, 11) is 0. The van der Waals surface area contributed by atoms with Gasteiger partial charge in [0, 0.05) is 16.9 Å². The molecule has 0 heterocycles. The molecule has 1 aromatic carbocycles. The van der Waals surface area contributed by atoms with Crippen LogP contribution in [0.4, 0.5) is 0 Å². The molecule has 1 aromatic rings. The van der Waals surface area contributed by atoms with Gasteiger partial charge in [-0.2, -0.15) is 0 Å². The fourth-order valence-electron chi connectivity index (χ4n) is 2.42. The molecule has 2 atom stereocenters. The SMILES string of the molecule is O=C(NCC1CCCCC1O)c1cccc(Br)c1Cl. The van der Waals surface area contributed by atoms with Crippen LogP contribution in [0.15, 0.2) is 22.7 Å². The van der Waals surface area contributed by atoms with Gasteiger partial charge >= 0.3 is 0 Å². The van der Waals surface area contributed by atoms with Gasteiger partial charge in [0.05, 0.1) is 16.7 Å². The molecule has 1 aliphatic carbocycles. The van der Waals surface area contributed by atoms with Crippen LogP contribution < -0.4 is 5.32 Å². The van der Waals surface area contributed by atoms with E-state index in [0.29, 0.717) is 21.6 Å². The average molecular weight is 347 g/mol. The molecule has 3 nitrogen and oxygen atoms in total. The number of carbonyl (C=O) groups excluding carboxylic acids is 1. The van der Waals surface area contributed by atoms with Crippen LogP contribution >= 0.6 is 27.5 Å². The van der Waals surface area contributed by atoms with Gasteiger partial charge in [-0.15, -0.1) is 0 Å². The van der Waals surface area contributed by atoms with Crippen LogP contribution in [0, 0.1) is 5.92 Å². The number of hydrogen-bond acceptors (Lipinski definition) is 2. The zero-order chi connectivity index (χ0) is 13.8. The Morgan fingerprint density at radius 1 is 1.42 bits per heavy atom. The zero-order valence-corrected chi connectivity index (χ0v) is 12.9. The minimum atomic E-state index is -0.299. The van der Waals surface area contributed by atoms with Gasteiger partial charge < -0.3 is 10.4 Å². The summed E-state index contributed by atoms with van der Waals surface area (Å²) in [4.78, 5) is 12.1. The molecular weight excluding hydrogens is 330 g/mol. The molecule has 0 radical (unpaired) electrons. The summed E-state index contributed by atoms with van der Waals surface area (Å²) in [5, 5.41) is 13.1. The lowest BCUT2D eigenvalue weighted by molar-refractivity contribution is 0.0663. The maximum absolute atomic E-state index is 12.1. The van der Waals surface area contributed by atoms with Crippen molar-refractivity contribution in [2.75, 3.05) is 6.54 Å². The molecule has 19 heavy (non-hydrogen) atoms. The van der Waals surface area contributed by atoms with E-state index < -0.39 is 0 Å². The Morgan fingerprint density at radius 2 is 2.16 bits per heavy atom. The molecule has 0 aliphatic heterocycles. The number of amides is 1. The van der Waals surface area contributed by atoms with Crippen LogP contribution in [0.2, 0.25) is 5.02 Å². The lowest BCUT2D eigenvalue weighted by Crippen LogP contribution is -2.36. The van der Waals surface area contributed by atoms with Gasteiger partial charge in [0.25, 0.3) is 5.91 Å². The van der Waals surface area contributed by atoms with E-state index in [9.17, 15) is 9.90 Å². The second-order valence-corrected chi connectivity index (χ2v) is 6.16. The third-order valence-corrected chi connectivity index (χ3v) is 4.89. The first-order valence-electron chi connectivity index (χ1n) is 6.50. The van der Waals surface area contributed by atoms with Crippen molar-refractivity contribution in [2.45, 2.75) is 31.8 Å². The second kappa shape index (κ2) is 6.73. The first kappa shape index (κ1) is 14.8. The summed E-state index contributed by atoms with van der Waals surface area (Å²) in [6, 6.07) is 5.27. The predicted molar refractivity (Wildman–Crippen MR) is 79.5 cm³/mol. The number of benzene rings is 1. The summed E-state index contributed by atoms with van der Waals surface area (Å²) in [5.41, 5.74) is 0.460. The van der Waals surface area contributed by atoms with Crippen molar-refractivity contribution in [1.82, 2.24) is 5.32 Å². The molecule has 1 saturated carbocycles. The largest absolute Gasteiger partial charge is 0.393 e. The van der Waals surface area contributed by atoms with Crippen LogP contribution in [0.1, 0.15) is 36.0 Å². The third kappa shape index (κ3) is 3.71. The normalized spacial score (nSPS) is 23.1. The predicted octanol–water partition coefficient (Wildman–Crippen LogP) is 3.38. The van der Waals surface area contributed by atoms with Crippen LogP contribution in [0.3, 0.4) is 0 Å². The first-order valence-corrected chi connectivity index (χ1v) is 7.67. The number of carbonyl (C=O) groups is 1. The van der Waals surface area contributed by atoms with E-state index >= 15 is 0 Å². The smallest absolute Gasteiger partial charge is 0.252 e. The topological polar surface area (TPSA) is 49.3 Å². The second-order valence-electron chi connectivity index (χ2n) is 4.92. The van der Waals surface area contributed by atoms with Crippen molar-refractivity contribution in [3.8, 4) is 0 Å². The molecule has 104 valence electrons. The average Bonchev–Trinajstić information content (AvgIpc) is 2.40. The van der Waals surface area contributed by atoms with Gasteiger partial charge in [-0.05, 0) is 40.9 Å². The van der Waals surface area contributed by atoms with Crippen molar-refractivity contribution in [3.05, 3.63) is 33.3 Å². The van der Waals surface area contributed by atoms with Crippen LogP contribution in [-0.4, -0.2) is 23.7 Å². The number of hydrogen-bond donors (Lipinski definition) is 2. The fourth-order valence-corrected chi connectivity index (χ4v) is 3.00. The molecule has 2 unspecified atom stereocenters. The van der Waals surface area contributed by atoms with Crippen molar-refractivity contribution < 1.29 is 9.90 Å². The summed E-state index contributed by atoms with van der Waals surface area (Å²) >= 11 is 9.38. The van der Waals surface area contributed by atoms with E-state index in [-0.39, 0.29) is 17.9 Å². The van der Waals surface area contributed by atoms with E-state index in [1.54, 1.807) is 18.2 Å². The highest BCUT2D eigenvalue weighted by molar-refractivity contribution is 9.10. The Labute approximate surface area is 126 Å². The van der Waals surface area contributed by atoms with Crippen molar-refractivity contribution >= 4 is 33.4 Å². The minimum absolute atomic E-state index is 0.156. The molecule has 0 bridgehead atoms. The highest BCUT2D eigenvalue weighted by Crippen LogP contribution is 2.26. The van der Waals surface area contributed by atoms with Gasteiger partial charge in [0.2, 0.25) is 0 Å². The van der Waals surface area contributed by atoms with Crippen LogP contribution in [0.25, 0.3) is 0 Å². The lowest BCUT2D eigenvalue weighted by atomic mass is 9.86. The van der Waals surface area contributed by atoms with Crippen LogP contribution in [-0.2, 0) is 0 Å². The maximum atomic E-state index is 12.1. The first-order chi connectivity index (χ1) is 9.09. The standard InChI is InChI=1S/C14H17BrClNO2/c15-11-6-3-5-10(13(11)16)14(19)17-8-9-4-1-2-7-12(9)18/h3,5-6,9,12,18H,1-2,4,7-8H2,(H,17,19). The Bertz CT molecular complexity index is 467. The highest BCUT2D eigenvalue weighted by atomic mass is 79.9. The molecule has 5 heteroatoms. The molecule has 1 aliphatic rings. The molecule has 2 N–H and O–H groups in total. The van der Waals surface area contributed by atoms with Gasteiger partial charge in [-0.25, -0.2) is 0 Å². The Kier molecular flexibility index (Phi) is 5.25. The Balaban J connectivity index is 1.95. The molecule has 0 spiro atoms. The molecular formula is C14H17BrClNO2. The maximum Gasteiger partial charge on any atom is 0.252 e. The third-order valence-electron chi connectivity index (χ3n) is 3.59. The summed E-state index contributed by atoms with van der Waals surface area (Å²) in [6.45, 7) is 0.503. The molecule has 0 saturated heterocycles. The van der Waals surface area contributed by atoms with E-state index in [4.69, 9.17) is 11.6 Å². The molecule has 0 aromatic heterocycles. The zero-order valence-electron chi connectivity index (χ0n) is 10.5. The van der Waals surface area contributed by atoms with E-state index in [0.717, 1.165) is 25.7 Å². The van der Waals surface area contributed by atoms with E-state index in [1.165, 1.54) is 0 Å². The van der Waals surface area contributed by atoms with E-state index in [2.05, 4.69) is 21.2 Å². The fraction of sp³-hybridized carbons (Fsp3) is 0.500. The number of rotatable bonds is 3. The minimum Gasteiger partial charge on any atom is -0.393 e. The Morgan fingerprint density at radius 3 is 2.89 bits per heavy atom. The highest BCUT2D eigenvalue weighted by Gasteiger charge is 2.23. The van der Waals surface area contributed by atoms with Gasteiger partial charge in [0.15, 0.2) is 0 Å². The summed E-state index contributed by atoms with van der Waals surface area (Å²) in [6.07, 6.45) is 3.69. The monoisotopic (exact) mass is 345 g/mol. The Hall–Kier alpha value is -0.580. The molecule has 1 fully saturated rings. The van der Waals surface area contributed by atoms with Crippen molar-refractivity contribution in [2.24, 2.45) is 5.92 Å². The lowest BCUT2D eigenvalue weighted by Gasteiger charge is -2.27. The summed E-state index contributed by atoms with van der Waals surface area (Å²) in [5.74, 6) is -0.0345. The van der Waals surface area contributed by atoms with Crippen molar-refractivity contribution in [3.63, 3.8) is 0 Å². The number of halogens is 2. The number of aliphatic hydroxyl groups is 1. The number of aliphatic hydroxyl groups excluding tert-OH is 1. The molecule has 2 rings (SSSR count). The van der Waals surface area contributed by atoms with Crippen molar-refractivity contribution in [1.29, 1.82) is 0 Å². The van der Waals surface area contributed by atoms with E-state index in [1.807, 2.05) is 0 Å².